The fourth-order valence-corrected chi connectivity index (χ4v) is 2.40. The zero-order valence-electron chi connectivity index (χ0n) is 16.3. The van der Waals surface area contributed by atoms with Gasteiger partial charge in [0.15, 0.2) is 0 Å². The van der Waals surface area contributed by atoms with Gasteiger partial charge in [-0.05, 0) is 18.4 Å². The molecule has 154 valence electrons. The normalized spacial score (nSPS) is 13.9. The van der Waals surface area contributed by atoms with Gasteiger partial charge in [-0.1, -0.05) is 44.2 Å². The number of rotatable bonds is 10. The molecule has 3 amide bonds. The third kappa shape index (κ3) is 7.75. The van der Waals surface area contributed by atoms with Gasteiger partial charge in [0.25, 0.3) is 0 Å². The molecule has 1 aromatic rings. The Bertz CT molecular complexity index is 691. The summed E-state index contributed by atoms with van der Waals surface area (Å²) in [6.07, 6.45) is 0.116. The zero-order chi connectivity index (χ0) is 21.3. The molecule has 28 heavy (non-hydrogen) atoms. The number of amides is 3. The Kier molecular flexibility index (Phi) is 9.10. The Labute approximate surface area is 164 Å². The Morgan fingerprint density at radius 3 is 2.11 bits per heavy atom. The van der Waals surface area contributed by atoms with E-state index in [1.807, 2.05) is 6.07 Å². The second kappa shape index (κ2) is 11.0. The molecule has 0 aliphatic heterocycles. The quantitative estimate of drug-likeness (QED) is 0.359. The molecule has 0 spiro atoms. The third-order valence-electron chi connectivity index (χ3n) is 4.00. The van der Waals surface area contributed by atoms with Crippen LogP contribution in [0, 0.1) is 5.92 Å². The van der Waals surface area contributed by atoms with E-state index in [1.54, 1.807) is 38.1 Å². The van der Waals surface area contributed by atoms with Crippen LogP contribution in [0.2, 0.25) is 0 Å². The first-order valence-electron chi connectivity index (χ1n) is 9.01. The number of nitrogens with one attached hydrogen (secondary N) is 3. The van der Waals surface area contributed by atoms with E-state index in [1.165, 1.54) is 6.92 Å². The van der Waals surface area contributed by atoms with Crippen LogP contribution in [-0.2, 0) is 25.6 Å². The SMILES string of the molecule is CC(C)[C@H](NC(=O)CNC(=O)[C@H](C)N)C(=O)N[C@@H](Cc1ccccc1)C(=O)O. The maximum absolute atomic E-state index is 12.6. The highest BCUT2D eigenvalue weighted by molar-refractivity contribution is 5.92. The van der Waals surface area contributed by atoms with Gasteiger partial charge >= 0.3 is 5.97 Å². The van der Waals surface area contributed by atoms with Crippen LogP contribution < -0.4 is 21.7 Å². The molecule has 0 saturated heterocycles. The average molecular weight is 392 g/mol. The van der Waals surface area contributed by atoms with Crippen LogP contribution in [0.5, 0.6) is 0 Å². The van der Waals surface area contributed by atoms with Crippen molar-refractivity contribution in [3.63, 3.8) is 0 Å². The summed E-state index contributed by atoms with van der Waals surface area (Å²) >= 11 is 0. The monoisotopic (exact) mass is 392 g/mol. The van der Waals surface area contributed by atoms with Gasteiger partial charge in [0.2, 0.25) is 17.7 Å². The number of carbonyl (C=O) groups is 4. The molecule has 0 aliphatic carbocycles. The maximum atomic E-state index is 12.6. The zero-order valence-corrected chi connectivity index (χ0v) is 16.3. The topological polar surface area (TPSA) is 151 Å². The van der Waals surface area contributed by atoms with Gasteiger partial charge in [0.05, 0.1) is 12.6 Å². The lowest BCUT2D eigenvalue weighted by molar-refractivity contribution is -0.142. The molecule has 0 heterocycles. The molecule has 0 radical (unpaired) electrons. The Balaban J connectivity index is 2.72. The summed E-state index contributed by atoms with van der Waals surface area (Å²) in [5.74, 6) is -3.13. The van der Waals surface area contributed by atoms with E-state index in [2.05, 4.69) is 16.0 Å². The van der Waals surface area contributed by atoms with Crippen molar-refractivity contribution in [2.45, 2.75) is 45.3 Å². The van der Waals surface area contributed by atoms with Crippen LogP contribution in [0.1, 0.15) is 26.3 Å². The van der Waals surface area contributed by atoms with Crippen LogP contribution in [0.3, 0.4) is 0 Å². The van der Waals surface area contributed by atoms with Crippen LogP contribution in [-0.4, -0.2) is 53.5 Å². The minimum absolute atomic E-state index is 0.116. The van der Waals surface area contributed by atoms with Crippen LogP contribution in [0.25, 0.3) is 0 Å². The first kappa shape index (κ1) is 23.1. The largest absolute Gasteiger partial charge is 0.480 e. The molecule has 0 fully saturated rings. The Morgan fingerprint density at radius 2 is 1.61 bits per heavy atom. The molecule has 0 unspecified atom stereocenters. The van der Waals surface area contributed by atoms with E-state index in [9.17, 15) is 24.3 Å². The molecular weight excluding hydrogens is 364 g/mol. The van der Waals surface area contributed by atoms with Crippen molar-refractivity contribution in [2.75, 3.05) is 6.54 Å². The highest BCUT2D eigenvalue weighted by atomic mass is 16.4. The van der Waals surface area contributed by atoms with E-state index >= 15 is 0 Å². The predicted molar refractivity (Wildman–Crippen MR) is 103 cm³/mol. The van der Waals surface area contributed by atoms with Crippen molar-refractivity contribution in [3.05, 3.63) is 35.9 Å². The van der Waals surface area contributed by atoms with Crippen molar-refractivity contribution < 1.29 is 24.3 Å². The summed E-state index contributed by atoms with van der Waals surface area (Å²) in [6, 6.07) is 6.07. The summed E-state index contributed by atoms with van der Waals surface area (Å²) in [7, 11) is 0. The fourth-order valence-electron chi connectivity index (χ4n) is 2.40. The van der Waals surface area contributed by atoms with Crippen molar-refractivity contribution in [3.8, 4) is 0 Å². The molecule has 1 aromatic carbocycles. The van der Waals surface area contributed by atoms with E-state index in [0.717, 1.165) is 5.56 Å². The van der Waals surface area contributed by atoms with Crippen molar-refractivity contribution in [1.82, 2.24) is 16.0 Å². The first-order chi connectivity index (χ1) is 13.1. The molecule has 3 atom stereocenters. The number of carboxylic acids is 1. The molecule has 9 heteroatoms. The van der Waals surface area contributed by atoms with E-state index < -0.39 is 41.8 Å². The van der Waals surface area contributed by atoms with Crippen LogP contribution >= 0.6 is 0 Å². The Morgan fingerprint density at radius 1 is 1.00 bits per heavy atom. The number of hydrogen-bond donors (Lipinski definition) is 5. The maximum Gasteiger partial charge on any atom is 0.326 e. The smallest absolute Gasteiger partial charge is 0.326 e. The number of carboxylic acid groups (broad SMARTS) is 1. The lowest BCUT2D eigenvalue weighted by Gasteiger charge is -2.24. The minimum Gasteiger partial charge on any atom is -0.480 e. The molecule has 9 nitrogen and oxygen atoms in total. The van der Waals surface area contributed by atoms with Gasteiger partial charge in [-0.15, -0.1) is 0 Å². The highest BCUT2D eigenvalue weighted by Gasteiger charge is 2.28. The van der Waals surface area contributed by atoms with Gasteiger partial charge in [-0.25, -0.2) is 4.79 Å². The molecule has 6 N–H and O–H groups in total. The van der Waals surface area contributed by atoms with Gasteiger partial charge < -0.3 is 26.8 Å². The fraction of sp³-hybridized carbons (Fsp3) is 0.474. The third-order valence-corrected chi connectivity index (χ3v) is 4.00. The van der Waals surface area contributed by atoms with Gasteiger partial charge in [0, 0.05) is 6.42 Å². The van der Waals surface area contributed by atoms with Gasteiger partial charge in [0.1, 0.15) is 12.1 Å². The second-order valence-electron chi connectivity index (χ2n) is 6.88. The van der Waals surface area contributed by atoms with Crippen LogP contribution in [0.15, 0.2) is 30.3 Å². The van der Waals surface area contributed by atoms with Crippen molar-refractivity contribution >= 4 is 23.7 Å². The van der Waals surface area contributed by atoms with E-state index in [-0.39, 0.29) is 18.9 Å². The summed E-state index contributed by atoms with van der Waals surface area (Å²) < 4.78 is 0. The highest BCUT2D eigenvalue weighted by Crippen LogP contribution is 2.06. The van der Waals surface area contributed by atoms with Crippen LogP contribution in [0.4, 0.5) is 0 Å². The van der Waals surface area contributed by atoms with E-state index in [0.29, 0.717) is 0 Å². The van der Waals surface area contributed by atoms with Crippen molar-refractivity contribution in [2.24, 2.45) is 11.7 Å². The number of carbonyl (C=O) groups excluding carboxylic acids is 3. The van der Waals surface area contributed by atoms with E-state index in [4.69, 9.17) is 5.73 Å². The Hall–Kier alpha value is -2.94. The molecular formula is C19H28N4O5. The molecule has 0 bridgehead atoms. The number of nitrogens with two attached hydrogens (primary N) is 1. The average Bonchev–Trinajstić information content (AvgIpc) is 2.63. The predicted octanol–water partition coefficient (Wildman–Crippen LogP) is -0.597. The summed E-state index contributed by atoms with van der Waals surface area (Å²) in [6.45, 7) is 4.59. The lowest BCUT2D eigenvalue weighted by atomic mass is 10.0. The van der Waals surface area contributed by atoms with Gasteiger partial charge in [-0.2, -0.15) is 0 Å². The van der Waals surface area contributed by atoms with Crippen molar-refractivity contribution in [1.29, 1.82) is 0 Å². The molecule has 0 aliphatic rings. The standard InChI is InChI=1S/C19H28N4O5/c1-11(2)16(23-15(24)10-21-17(25)12(3)20)18(26)22-14(19(27)28)9-13-7-5-4-6-8-13/h4-8,11-12,14,16H,9-10,20H2,1-3H3,(H,21,25)(H,22,26)(H,23,24)(H,27,28)/t12-,14-,16-/m0/s1. The minimum atomic E-state index is -1.17. The molecule has 1 rings (SSSR count). The number of benzene rings is 1. The molecule has 0 aromatic heterocycles. The number of hydrogen-bond acceptors (Lipinski definition) is 5. The number of aliphatic carboxylic acids is 1. The molecule has 0 saturated carbocycles. The van der Waals surface area contributed by atoms with Gasteiger partial charge in [-0.3, -0.25) is 14.4 Å². The second-order valence-corrected chi connectivity index (χ2v) is 6.88. The summed E-state index contributed by atoms with van der Waals surface area (Å²) in [5.41, 5.74) is 6.17. The summed E-state index contributed by atoms with van der Waals surface area (Å²) in [4.78, 5) is 47.6. The summed E-state index contributed by atoms with van der Waals surface area (Å²) in [5, 5.41) is 16.8. The lowest BCUT2D eigenvalue weighted by Crippen LogP contribution is -2.55. The first-order valence-corrected chi connectivity index (χ1v) is 9.01.